The number of hydrogen-bond acceptors (Lipinski definition) is 2. The molecule has 2 nitrogen and oxygen atoms in total. The molecule has 72 valence electrons. The predicted molar refractivity (Wildman–Crippen MR) is 61.0 cm³/mol. The van der Waals surface area contributed by atoms with Crippen LogP contribution in [-0.2, 0) is 0 Å². The Morgan fingerprint density at radius 3 is 2.50 bits per heavy atom. The minimum atomic E-state index is -0.0143. The van der Waals surface area contributed by atoms with Crippen molar-refractivity contribution in [1.29, 1.82) is 0 Å². The van der Waals surface area contributed by atoms with E-state index in [0.717, 1.165) is 22.0 Å². The fourth-order valence-electron chi connectivity index (χ4n) is 1.71. The van der Waals surface area contributed by atoms with Crippen molar-refractivity contribution < 1.29 is 0 Å². The van der Waals surface area contributed by atoms with Gasteiger partial charge in [0.2, 0.25) is 0 Å². The molecule has 2 rings (SSSR count). The second-order valence-electron chi connectivity index (χ2n) is 3.58. The van der Waals surface area contributed by atoms with Crippen molar-refractivity contribution in [1.82, 2.24) is 0 Å². The maximum Gasteiger partial charge on any atom is 0.0442 e. The third kappa shape index (κ3) is 1.34. The number of rotatable bonds is 1. The summed E-state index contributed by atoms with van der Waals surface area (Å²) in [6, 6.07) is 12.1. The zero-order chi connectivity index (χ0) is 10.1. The molecule has 1 unspecified atom stereocenters. The van der Waals surface area contributed by atoms with E-state index in [-0.39, 0.29) is 6.04 Å². The van der Waals surface area contributed by atoms with Crippen LogP contribution in [-0.4, -0.2) is 0 Å². The van der Waals surface area contributed by atoms with Crippen molar-refractivity contribution in [3.05, 3.63) is 42.0 Å². The molecular formula is C12H14N2. The van der Waals surface area contributed by atoms with Crippen LogP contribution in [0.4, 0.5) is 5.69 Å². The van der Waals surface area contributed by atoms with E-state index in [1.165, 1.54) is 0 Å². The van der Waals surface area contributed by atoms with Crippen molar-refractivity contribution in [2.45, 2.75) is 13.0 Å². The lowest BCUT2D eigenvalue weighted by molar-refractivity contribution is 0.823. The van der Waals surface area contributed by atoms with Gasteiger partial charge in [-0.1, -0.05) is 36.4 Å². The molecule has 2 aromatic carbocycles. The van der Waals surface area contributed by atoms with Crippen molar-refractivity contribution in [2.24, 2.45) is 5.73 Å². The molecule has 0 aliphatic carbocycles. The van der Waals surface area contributed by atoms with Crippen LogP contribution in [0.3, 0.4) is 0 Å². The van der Waals surface area contributed by atoms with E-state index < -0.39 is 0 Å². The summed E-state index contributed by atoms with van der Waals surface area (Å²) in [6.07, 6.45) is 0. The number of anilines is 1. The molecule has 0 aliphatic rings. The third-order valence-electron chi connectivity index (χ3n) is 2.49. The molecule has 2 heteroatoms. The van der Waals surface area contributed by atoms with E-state index in [1.807, 2.05) is 31.2 Å². The molecule has 2 aromatic rings. The van der Waals surface area contributed by atoms with Gasteiger partial charge in [-0.15, -0.1) is 0 Å². The Morgan fingerprint density at radius 2 is 1.79 bits per heavy atom. The Morgan fingerprint density at radius 1 is 1.07 bits per heavy atom. The molecule has 0 heterocycles. The summed E-state index contributed by atoms with van der Waals surface area (Å²) < 4.78 is 0. The van der Waals surface area contributed by atoms with Crippen molar-refractivity contribution in [2.75, 3.05) is 5.73 Å². The standard InChI is InChI=1S/C12H14N2/c1-8(13)10-7-6-9-4-2-3-5-11(9)12(10)14/h2-8H,13-14H2,1H3. The average Bonchev–Trinajstić information content (AvgIpc) is 2.18. The fourth-order valence-corrected chi connectivity index (χ4v) is 1.71. The van der Waals surface area contributed by atoms with Crippen LogP contribution < -0.4 is 11.5 Å². The van der Waals surface area contributed by atoms with Gasteiger partial charge in [-0.2, -0.15) is 0 Å². The normalized spacial score (nSPS) is 13.0. The van der Waals surface area contributed by atoms with Crippen LogP contribution in [0, 0.1) is 0 Å². The quantitative estimate of drug-likeness (QED) is 0.672. The van der Waals surface area contributed by atoms with Crippen LogP contribution in [0.1, 0.15) is 18.5 Å². The number of hydrogen-bond donors (Lipinski definition) is 2. The minimum absolute atomic E-state index is 0.0143. The van der Waals surface area contributed by atoms with E-state index in [0.29, 0.717) is 0 Å². The van der Waals surface area contributed by atoms with Crippen LogP contribution in [0.5, 0.6) is 0 Å². The first-order valence-electron chi connectivity index (χ1n) is 4.73. The molecule has 4 N–H and O–H groups in total. The summed E-state index contributed by atoms with van der Waals surface area (Å²) in [4.78, 5) is 0. The van der Waals surface area contributed by atoms with E-state index >= 15 is 0 Å². The molecule has 0 aliphatic heterocycles. The lowest BCUT2D eigenvalue weighted by Gasteiger charge is -2.11. The highest BCUT2D eigenvalue weighted by Crippen LogP contribution is 2.27. The van der Waals surface area contributed by atoms with E-state index in [2.05, 4.69) is 12.1 Å². The zero-order valence-electron chi connectivity index (χ0n) is 8.20. The monoisotopic (exact) mass is 186 g/mol. The van der Waals surface area contributed by atoms with Gasteiger partial charge in [0.15, 0.2) is 0 Å². The summed E-state index contributed by atoms with van der Waals surface area (Å²) >= 11 is 0. The molecule has 0 amide bonds. The summed E-state index contributed by atoms with van der Waals surface area (Å²) in [6.45, 7) is 1.94. The van der Waals surface area contributed by atoms with Crippen molar-refractivity contribution in [3.63, 3.8) is 0 Å². The maximum absolute atomic E-state index is 6.04. The van der Waals surface area contributed by atoms with E-state index in [9.17, 15) is 0 Å². The number of nitrogens with two attached hydrogens (primary N) is 2. The molecule has 0 spiro atoms. The summed E-state index contributed by atoms with van der Waals surface area (Å²) in [5, 5.41) is 2.25. The highest BCUT2D eigenvalue weighted by atomic mass is 14.7. The van der Waals surface area contributed by atoms with Gasteiger partial charge >= 0.3 is 0 Å². The smallest absolute Gasteiger partial charge is 0.0442 e. The Labute approximate surface area is 83.5 Å². The second kappa shape index (κ2) is 3.31. The van der Waals surface area contributed by atoms with Gasteiger partial charge in [0.25, 0.3) is 0 Å². The lowest BCUT2D eigenvalue weighted by Crippen LogP contribution is -2.08. The van der Waals surface area contributed by atoms with Crippen LogP contribution >= 0.6 is 0 Å². The average molecular weight is 186 g/mol. The Kier molecular flexibility index (Phi) is 2.14. The highest BCUT2D eigenvalue weighted by Gasteiger charge is 2.06. The Bertz CT molecular complexity index is 461. The zero-order valence-corrected chi connectivity index (χ0v) is 8.20. The first-order chi connectivity index (χ1) is 6.70. The molecule has 0 radical (unpaired) electrons. The van der Waals surface area contributed by atoms with Gasteiger partial charge in [-0.05, 0) is 17.9 Å². The van der Waals surface area contributed by atoms with Gasteiger partial charge in [0.1, 0.15) is 0 Å². The first kappa shape index (κ1) is 9.03. The van der Waals surface area contributed by atoms with Gasteiger partial charge in [-0.3, -0.25) is 0 Å². The second-order valence-corrected chi connectivity index (χ2v) is 3.58. The van der Waals surface area contributed by atoms with Crippen molar-refractivity contribution >= 4 is 16.5 Å². The van der Waals surface area contributed by atoms with Crippen LogP contribution in [0.25, 0.3) is 10.8 Å². The highest BCUT2D eigenvalue weighted by molar-refractivity contribution is 5.94. The van der Waals surface area contributed by atoms with Crippen molar-refractivity contribution in [3.8, 4) is 0 Å². The molecular weight excluding hydrogens is 172 g/mol. The van der Waals surface area contributed by atoms with Gasteiger partial charge in [0.05, 0.1) is 0 Å². The molecule has 0 saturated carbocycles. The van der Waals surface area contributed by atoms with Gasteiger partial charge < -0.3 is 11.5 Å². The van der Waals surface area contributed by atoms with Crippen LogP contribution in [0.2, 0.25) is 0 Å². The number of fused-ring (bicyclic) bond motifs is 1. The molecule has 1 atom stereocenters. The summed E-state index contributed by atoms with van der Waals surface area (Å²) in [7, 11) is 0. The largest absolute Gasteiger partial charge is 0.398 e. The number of nitrogen functional groups attached to an aromatic ring is 1. The SMILES string of the molecule is CC(N)c1ccc2ccccc2c1N. The summed E-state index contributed by atoms with van der Waals surface area (Å²) in [5.41, 5.74) is 13.7. The molecule has 0 bridgehead atoms. The predicted octanol–water partition coefficient (Wildman–Crippen LogP) is 2.44. The maximum atomic E-state index is 6.04. The molecule has 14 heavy (non-hydrogen) atoms. The van der Waals surface area contributed by atoms with E-state index in [1.54, 1.807) is 0 Å². The first-order valence-corrected chi connectivity index (χ1v) is 4.73. The minimum Gasteiger partial charge on any atom is -0.398 e. The Balaban J connectivity index is 2.75. The summed E-state index contributed by atoms with van der Waals surface area (Å²) in [5.74, 6) is 0. The molecule has 0 aromatic heterocycles. The Hall–Kier alpha value is -1.54. The molecule has 0 saturated heterocycles. The fraction of sp³-hybridized carbons (Fsp3) is 0.167. The van der Waals surface area contributed by atoms with E-state index in [4.69, 9.17) is 11.5 Å². The number of benzene rings is 2. The lowest BCUT2D eigenvalue weighted by atomic mass is 10.0. The van der Waals surface area contributed by atoms with Crippen LogP contribution in [0.15, 0.2) is 36.4 Å². The third-order valence-corrected chi connectivity index (χ3v) is 2.49. The van der Waals surface area contributed by atoms with Gasteiger partial charge in [-0.25, -0.2) is 0 Å². The van der Waals surface area contributed by atoms with Gasteiger partial charge in [0, 0.05) is 17.1 Å². The topological polar surface area (TPSA) is 52.0 Å². The molecule has 0 fully saturated rings.